The highest BCUT2D eigenvalue weighted by atomic mass is 127. The molecule has 0 saturated heterocycles. The third-order valence-electron chi connectivity index (χ3n) is 3.16. The van der Waals surface area contributed by atoms with Crippen LogP contribution < -0.4 is 5.32 Å². The maximum atomic E-state index is 12.1. The summed E-state index contributed by atoms with van der Waals surface area (Å²) in [6, 6.07) is 12.3. The van der Waals surface area contributed by atoms with E-state index in [1.54, 1.807) is 25.1 Å². The van der Waals surface area contributed by atoms with Gasteiger partial charge in [-0.3, -0.25) is 4.79 Å². The molecule has 2 rings (SSSR count). The second kappa shape index (κ2) is 9.27. The average molecular weight is 439 g/mol. The van der Waals surface area contributed by atoms with Gasteiger partial charge in [-0.05, 0) is 53.3 Å². The summed E-state index contributed by atoms with van der Waals surface area (Å²) < 4.78 is 11.1. The van der Waals surface area contributed by atoms with Gasteiger partial charge >= 0.3 is 5.97 Å². The highest BCUT2D eigenvalue weighted by Crippen LogP contribution is 2.11. The molecule has 0 fully saturated rings. The highest BCUT2D eigenvalue weighted by molar-refractivity contribution is 14.1. The Morgan fingerprint density at radius 3 is 2.62 bits per heavy atom. The molecule has 0 aliphatic rings. The summed E-state index contributed by atoms with van der Waals surface area (Å²) in [5, 5.41) is 2.68. The van der Waals surface area contributed by atoms with Gasteiger partial charge in [-0.15, -0.1) is 0 Å². The normalized spacial score (nSPS) is 12.1. The zero-order valence-electron chi connectivity index (χ0n) is 13.2. The lowest BCUT2D eigenvalue weighted by Crippen LogP contribution is -2.42. The molecule has 2 aromatic rings. The average Bonchev–Trinajstić information content (AvgIpc) is 2.99. The fourth-order valence-corrected chi connectivity index (χ4v) is 2.52. The lowest BCUT2D eigenvalue weighted by atomic mass is 10.1. The number of amides is 1. The van der Waals surface area contributed by atoms with Crippen LogP contribution in [0.1, 0.15) is 18.2 Å². The van der Waals surface area contributed by atoms with Gasteiger partial charge in [0, 0.05) is 12.5 Å². The molecule has 0 radical (unpaired) electrons. The molecule has 5 nitrogen and oxygen atoms in total. The molecule has 126 valence electrons. The van der Waals surface area contributed by atoms with Crippen LogP contribution in [0.5, 0.6) is 0 Å². The van der Waals surface area contributed by atoms with Gasteiger partial charge < -0.3 is 14.5 Å². The standard InChI is InChI=1S/C18H18INO4/c1-2-23-18(22)15(12-13-6-4-3-5-7-13)20-17(21)11-9-14-8-10-16(19)24-14/h3-11,15H,2,12H2,1H3,(H,20,21). The van der Waals surface area contributed by atoms with Crippen molar-refractivity contribution >= 4 is 40.5 Å². The zero-order valence-corrected chi connectivity index (χ0v) is 15.4. The predicted molar refractivity (Wildman–Crippen MR) is 99.2 cm³/mol. The minimum absolute atomic E-state index is 0.265. The Balaban J connectivity index is 2.02. The van der Waals surface area contributed by atoms with E-state index in [-0.39, 0.29) is 12.5 Å². The molecule has 0 spiro atoms. The first kappa shape index (κ1) is 18.3. The largest absolute Gasteiger partial charge is 0.464 e. The fourth-order valence-electron chi connectivity index (χ4n) is 2.08. The van der Waals surface area contributed by atoms with Crippen molar-refractivity contribution in [2.24, 2.45) is 0 Å². The Kier molecular flexibility index (Phi) is 7.05. The number of hydrogen-bond donors (Lipinski definition) is 1. The molecule has 0 aliphatic carbocycles. The van der Waals surface area contributed by atoms with Crippen LogP contribution in [0.15, 0.2) is 53.0 Å². The van der Waals surface area contributed by atoms with Crippen LogP contribution in [0, 0.1) is 3.77 Å². The van der Waals surface area contributed by atoms with Crippen LogP contribution in [-0.2, 0) is 20.7 Å². The molecule has 1 aromatic heterocycles. The van der Waals surface area contributed by atoms with E-state index >= 15 is 0 Å². The number of furan rings is 1. The number of carbonyl (C=O) groups excluding carboxylic acids is 2. The molecule has 1 aromatic carbocycles. The van der Waals surface area contributed by atoms with Crippen molar-refractivity contribution in [1.82, 2.24) is 5.32 Å². The third kappa shape index (κ3) is 5.84. The van der Waals surface area contributed by atoms with Crippen molar-refractivity contribution in [1.29, 1.82) is 0 Å². The lowest BCUT2D eigenvalue weighted by Gasteiger charge is -2.16. The summed E-state index contributed by atoms with van der Waals surface area (Å²) in [5.41, 5.74) is 0.945. The van der Waals surface area contributed by atoms with Crippen LogP contribution in [-0.4, -0.2) is 24.5 Å². The summed E-state index contributed by atoms with van der Waals surface area (Å²) >= 11 is 2.05. The van der Waals surface area contributed by atoms with E-state index in [1.165, 1.54) is 6.08 Å². The van der Waals surface area contributed by atoms with Crippen molar-refractivity contribution in [3.8, 4) is 0 Å². The number of carbonyl (C=O) groups is 2. The monoisotopic (exact) mass is 439 g/mol. The Morgan fingerprint density at radius 1 is 1.25 bits per heavy atom. The van der Waals surface area contributed by atoms with E-state index in [0.717, 1.165) is 9.33 Å². The Morgan fingerprint density at radius 2 is 2.00 bits per heavy atom. The van der Waals surface area contributed by atoms with Crippen LogP contribution >= 0.6 is 22.6 Å². The molecule has 0 bridgehead atoms. The van der Waals surface area contributed by atoms with Crippen molar-refractivity contribution in [2.45, 2.75) is 19.4 Å². The van der Waals surface area contributed by atoms with Crippen molar-refractivity contribution < 1.29 is 18.7 Å². The van der Waals surface area contributed by atoms with Crippen molar-refractivity contribution in [2.75, 3.05) is 6.61 Å². The van der Waals surface area contributed by atoms with Gasteiger partial charge in [0.2, 0.25) is 5.91 Å². The predicted octanol–water partition coefficient (Wildman–Crippen LogP) is 3.19. The number of nitrogens with one attached hydrogen (secondary N) is 1. The smallest absolute Gasteiger partial charge is 0.328 e. The first-order chi connectivity index (χ1) is 11.6. The molecule has 6 heteroatoms. The molecule has 1 heterocycles. The van der Waals surface area contributed by atoms with Gasteiger partial charge in [-0.1, -0.05) is 30.3 Å². The number of hydrogen-bond acceptors (Lipinski definition) is 4. The number of ether oxygens (including phenoxy) is 1. The minimum Gasteiger partial charge on any atom is -0.464 e. The second-order valence-corrected chi connectivity index (χ2v) is 6.04. The van der Waals surface area contributed by atoms with E-state index in [1.807, 2.05) is 52.9 Å². The summed E-state index contributed by atoms with van der Waals surface area (Å²) in [6.45, 7) is 2.00. The summed E-state index contributed by atoms with van der Waals surface area (Å²) in [4.78, 5) is 24.2. The molecule has 0 aliphatic heterocycles. The number of halogens is 1. The number of benzene rings is 1. The van der Waals surface area contributed by atoms with Gasteiger partial charge in [0.25, 0.3) is 0 Å². The molecule has 1 unspecified atom stereocenters. The number of esters is 1. The molecular formula is C18H18INO4. The molecule has 1 N–H and O–H groups in total. The minimum atomic E-state index is -0.735. The lowest BCUT2D eigenvalue weighted by molar-refractivity contribution is -0.146. The Labute approximate surface area is 154 Å². The number of rotatable bonds is 7. The maximum absolute atomic E-state index is 12.1. The fraction of sp³-hybridized carbons (Fsp3) is 0.222. The van der Waals surface area contributed by atoms with Crippen LogP contribution in [0.25, 0.3) is 6.08 Å². The molecule has 1 amide bonds. The molecular weight excluding hydrogens is 421 g/mol. The van der Waals surface area contributed by atoms with E-state index in [2.05, 4.69) is 5.32 Å². The van der Waals surface area contributed by atoms with Crippen molar-refractivity contribution in [3.63, 3.8) is 0 Å². The van der Waals surface area contributed by atoms with Crippen LogP contribution in [0.4, 0.5) is 0 Å². The first-order valence-electron chi connectivity index (χ1n) is 7.53. The van der Waals surface area contributed by atoms with E-state index in [0.29, 0.717) is 12.2 Å². The Hall–Kier alpha value is -2.09. The second-order valence-electron chi connectivity index (χ2n) is 4.98. The van der Waals surface area contributed by atoms with Crippen molar-refractivity contribution in [3.05, 3.63) is 63.6 Å². The topological polar surface area (TPSA) is 68.5 Å². The molecule has 0 saturated carbocycles. The van der Waals surface area contributed by atoms with Gasteiger partial charge in [0.15, 0.2) is 3.77 Å². The third-order valence-corrected chi connectivity index (χ3v) is 3.74. The van der Waals surface area contributed by atoms with E-state index < -0.39 is 12.0 Å². The first-order valence-corrected chi connectivity index (χ1v) is 8.61. The Bertz CT molecular complexity index is 709. The summed E-state index contributed by atoms with van der Waals surface area (Å²) in [5.74, 6) is -0.253. The highest BCUT2D eigenvalue weighted by Gasteiger charge is 2.21. The molecule has 24 heavy (non-hydrogen) atoms. The van der Waals surface area contributed by atoms with Gasteiger partial charge in [-0.2, -0.15) is 0 Å². The maximum Gasteiger partial charge on any atom is 0.328 e. The zero-order chi connectivity index (χ0) is 17.4. The van der Waals surface area contributed by atoms with Crippen LogP contribution in [0.3, 0.4) is 0 Å². The molecule has 1 atom stereocenters. The van der Waals surface area contributed by atoms with Gasteiger partial charge in [0.05, 0.1) is 6.61 Å². The van der Waals surface area contributed by atoms with E-state index in [9.17, 15) is 9.59 Å². The SMILES string of the molecule is CCOC(=O)C(Cc1ccccc1)NC(=O)C=Cc1ccc(I)o1. The van der Waals surface area contributed by atoms with Crippen LogP contribution in [0.2, 0.25) is 0 Å². The summed E-state index contributed by atoms with van der Waals surface area (Å²) in [7, 11) is 0. The van der Waals surface area contributed by atoms with Gasteiger partial charge in [0.1, 0.15) is 11.8 Å². The van der Waals surface area contributed by atoms with E-state index in [4.69, 9.17) is 9.15 Å². The quantitative estimate of drug-likeness (QED) is 0.409. The van der Waals surface area contributed by atoms with Gasteiger partial charge in [-0.25, -0.2) is 4.79 Å². The summed E-state index contributed by atoms with van der Waals surface area (Å²) in [6.07, 6.45) is 3.27.